The molecular weight excluding hydrogens is 393 g/mol. The highest BCUT2D eigenvalue weighted by atomic mass is 35.5. The molecule has 3 heterocycles. The number of thiophene rings is 2. The van der Waals surface area contributed by atoms with Gasteiger partial charge < -0.3 is 11.1 Å². The number of nitrogens with two attached hydrogens (primary N) is 1. The lowest BCUT2D eigenvalue weighted by Crippen LogP contribution is -2.12. The molecule has 3 aromatic heterocycles. The van der Waals surface area contributed by atoms with Gasteiger partial charge in [0.2, 0.25) is 0 Å². The standard InChI is InChI=1S/C18H11ClFN3OS2/c19-11-8-9(3-5-12(11)20)22-17(24)16-15(21)10-4-6-13(23-18(10)26-16)14-2-1-7-25-14/h1-8H,21H2,(H,22,24). The van der Waals surface area contributed by atoms with Crippen molar-refractivity contribution in [3.05, 3.63) is 63.6 Å². The van der Waals surface area contributed by atoms with E-state index >= 15 is 0 Å². The van der Waals surface area contributed by atoms with Crippen molar-refractivity contribution in [3.63, 3.8) is 0 Å². The van der Waals surface area contributed by atoms with Crippen LogP contribution in [0.25, 0.3) is 20.8 Å². The molecule has 0 aliphatic rings. The fraction of sp³-hybridized carbons (Fsp3) is 0. The molecule has 0 fully saturated rings. The Labute approximate surface area is 161 Å². The first-order valence-corrected chi connectivity index (χ1v) is 9.59. The average molecular weight is 404 g/mol. The molecule has 1 aromatic carbocycles. The van der Waals surface area contributed by atoms with Gasteiger partial charge in [0.15, 0.2) is 0 Å². The maximum atomic E-state index is 13.2. The lowest BCUT2D eigenvalue weighted by Gasteiger charge is -2.05. The van der Waals surface area contributed by atoms with Gasteiger partial charge in [0, 0.05) is 11.1 Å². The van der Waals surface area contributed by atoms with Crippen molar-refractivity contribution in [2.45, 2.75) is 0 Å². The monoisotopic (exact) mass is 403 g/mol. The molecule has 26 heavy (non-hydrogen) atoms. The molecule has 0 saturated heterocycles. The third-order valence-electron chi connectivity index (χ3n) is 3.75. The van der Waals surface area contributed by atoms with Crippen LogP contribution in [0.3, 0.4) is 0 Å². The zero-order valence-corrected chi connectivity index (χ0v) is 15.5. The maximum Gasteiger partial charge on any atom is 0.267 e. The number of hydrogen-bond donors (Lipinski definition) is 2. The van der Waals surface area contributed by atoms with Crippen molar-refractivity contribution in [2.75, 3.05) is 11.1 Å². The highest BCUT2D eigenvalue weighted by Crippen LogP contribution is 2.35. The van der Waals surface area contributed by atoms with Gasteiger partial charge >= 0.3 is 0 Å². The highest BCUT2D eigenvalue weighted by molar-refractivity contribution is 7.21. The van der Waals surface area contributed by atoms with Gasteiger partial charge in [-0.15, -0.1) is 22.7 Å². The van der Waals surface area contributed by atoms with E-state index in [2.05, 4.69) is 10.3 Å². The van der Waals surface area contributed by atoms with E-state index < -0.39 is 5.82 Å². The topological polar surface area (TPSA) is 68.0 Å². The lowest BCUT2D eigenvalue weighted by atomic mass is 10.2. The smallest absolute Gasteiger partial charge is 0.267 e. The molecule has 0 unspecified atom stereocenters. The van der Waals surface area contributed by atoms with E-state index in [0.29, 0.717) is 21.1 Å². The molecule has 0 saturated carbocycles. The lowest BCUT2D eigenvalue weighted by molar-refractivity contribution is 0.103. The molecule has 3 N–H and O–H groups in total. The van der Waals surface area contributed by atoms with Gasteiger partial charge in [0.25, 0.3) is 5.91 Å². The second-order valence-corrected chi connectivity index (χ2v) is 7.81. The number of fused-ring (bicyclic) bond motifs is 1. The highest BCUT2D eigenvalue weighted by Gasteiger charge is 2.18. The summed E-state index contributed by atoms with van der Waals surface area (Å²) in [6.07, 6.45) is 0. The molecular formula is C18H11ClFN3OS2. The van der Waals surface area contributed by atoms with E-state index in [1.54, 1.807) is 11.3 Å². The van der Waals surface area contributed by atoms with Gasteiger partial charge in [-0.25, -0.2) is 9.37 Å². The van der Waals surface area contributed by atoms with Gasteiger partial charge in [-0.3, -0.25) is 4.79 Å². The van der Waals surface area contributed by atoms with Crippen LogP contribution in [0.15, 0.2) is 47.8 Å². The largest absolute Gasteiger partial charge is 0.397 e. The Morgan fingerprint density at radius 2 is 2.08 bits per heavy atom. The van der Waals surface area contributed by atoms with Crippen LogP contribution in [-0.2, 0) is 0 Å². The number of rotatable bonds is 3. The summed E-state index contributed by atoms with van der Waals surface area (Å²) >= 11 is 8.56. The molecule has 0 radical (unpaired) electrons. The molecule has 4 rings (SSSR count). The number of anilines is 2. The summed E-state index contributed by atoms with van der Waals surface area (Å²) in [5.41, 5.74) is 7.75. The average Bonchev–Trinajstić information content (AvgIpc) is 3.26. The fourth-order valence-corrected chi connectivity index (χ4v) is 4.35. The summed E-state index contributed by atoms with van der Waals surface area (Å²) in [4.78, 5) is 19.3. The second-order valence-electron chi connectivity index (χ2n) is 5.45. The van der Waals surface area contributed by atoms with Gasteiger partial charge in [-0.1, -0.05) is 17.7 Å². The molecule has 4 nitrogen and oxygen atoms in total. The Hall–Kier alpha value is -2.48. The number of amides is 1. The van der Waals surface area contributed by atoms with Crippen molar-refractivity contribution in [1.82, 2.24) is 4.98 Å². The quantitative estimate of drug-likeness (QED) is 0.464. The van der Waals surface area contributed by atoms with E-state index in [0.717, 1.165) is 16.0 Å². The van der Waals surface area contributed by atoms with Crippen LogP contribution < -0.4 is 11.1 Å². The Kier molecular flexibility index (Phi) is 4.36. The molecule has 0 bridgehead atoms. The summed E-state index contributed by atoms with van der Waals surface area (Å²) in [5.74, 6) is -0.929. The van der Waals surface area contributed by atoms with Crippen LogP contribution in [0.5, 0.6) is 0 Å². The van der Waals surface area contributed by atoms with Crippen molar-refractivity contribution >= 4 is 61.8 Å². The first-order valence-electron chi connectivity index (χ1n) is 7.52. The number of aromatic nitrogens is 1. The van der Waals surface area contributed by atoms with Crippen LogP contribution in [0, 0.1) is 5.82 Å². The predicted molar refractivity (Wildman–Crippen MR) is 107 cm³/mol. The number of carbonyl (C=O) groups is 1. The molecule has 8 heteroatoms. The van der Waals surface area contributed by atoms with Gasteiger partial charge in [0.05, 0.1) is 21.3 Å². The number of carbonyl (C=O) groups excluding carboxylic acids is 1. The molecule has 1 amide bonds. The van der Waals surface area contributed by atoms with Crippen LogP contribution in [0.1, 0.15) is 9.67 Å². The Morgan fingerprint density at radius 1 is 1.23 bits per heavy atom. The van der Waals surface area contributed by atoms with Gasteiger partial charge in [-0.05, 0) is 41.8 Å². The first kappa shape index (κ1) is 17.0. The number of nitrogen functional groups attached to an aromatic ring is 1. The SMILES string of the molecule is Nc1c(C(=O)Nc2ccc(F)c(Cl)c2)sc2nc(-c3cccs3)ccc12. The number of halogens is 2. The Bertz CT molecular complexity index is 1130. The second kappa shape index (κ2) is 6.68. The van der Waals surface area contributed by atoms with Crippen molar-refractivity contribution in [3.8, 4) is 10.6 Å². The van der Waals surface area contributed by atoms with E-state index in [1.807, 2.05) is 29.6 Å². The molecule has 4 aromatic rings. The fourth-order valence-electron chi connectivity index (χ4n) is 2.49. The summed E-state index contributed by atoms with van der Waals surface area (Å²) < 4.78 is 13.2. The third kappa shape index (κ3) is 3.05. The number of benzene rings is 1. The Morgan fingerprint density at radius 3 is 2.81 bits per heavy atom. The van der Waals surface area contributed by atoms with Crippen molar-refractivity contribution in [1.29, 1.82) is 0 Å². The van der Waals surface area contributed by atoms with Crippen LogP contribution in [0.2, 0.25) is 5.02 Å². The summed E-state index contributed by atoms with van der Waals surface area (Å²) in [7, 11) is 0. The molecule has 130 valence electrons. The van der Waals surface area contributed by atoms with Crippen molar-refractivity contribution in [2.24, 2.45) is 0 Å². The Balaban J connectivity index is 1.68. The van der Waals surface area contributed by atoms with E-state index in [9.17, 15) is 9.18 Å². The number of nitrogens with zero attached hydrogens (tertiary/aromatic N) is 1. The van der Waals surface area contributed by atoms with Crippen LogP contribution in [-0.4, -0.2) is 10.9 Å². The molecule has 0 aliphatic carbocycles. The summed E-state index contributed by atoms with van der Waals surface area (Å²) in [6, 6.07) is 11.7. The zero-order valence-electron chi connectivity index (χ0n) is 13.1. The minimum absolute atomic E-state index is 0.0608. The minimum Gasteiger partial charge on any atom is -0.397 e. The zero-order chi connectivity index (χ0) is 18.3. The number of pyridine rings is 1. The summed E-state index contributed by atoms with van der Waals surface area (Å²) in [6.45, 7) is 0. The maximum absolute atomic E-state index is 13.2. The molecule has 0 aliphatic heterocycles. The van der Waals surface area contributed by atoms with Crippen LogP contribution in [0.4, 0.5) is 15.8 Å². The first-order chi connectivity index (χ1) is 12.5. The summed E-state index contributed by atoms with van der Waals surface area (Å²) in [5, 5.41) is 5.34. The van der Waals surface area contributed by atoms with Crippen molar-refractivity contribution < 1.29 is 9.18 Å². The normalized spacial score (nSPS) is 11.0. The predicted octanol–water partition coefficient (Wildman–Crippen LogP) is 5.65. The molecule has 0 spiro atoms. The number of nitrogens with one attached hydrogen (secondary N) is 1. The van der Waals surface area contributed by atoms with Gasteiger partial charge in [0.1, 0.15) is 15.5 Å². The third-order valence-corrected chi connectivity index (χ3v) is 6.05. The number of hydrogen-bond acceptors (Lipinski definition) is 5. The van der Waals surface area contributed by atoms with E-state index in [4.69, 9.17) is 17.3 Å². The van der Waals surface area contributed by atoms with E-state index in [1.165, 1.54) is 29.5 Å². The van der Waals surface area contributed by atoms with Crippen LogP contribution >= 0.6 is 34.3 Å². The van der Waals surface area contributed by atoms with E-state index in [-0.39, 0.29) is 10.9 Å². The minimum atomic E-state index is -0.545. The van der Waals surface area contributed by atoms with Gasteiger partial charge in [-0.2, -0.15) is 0 Å². The molecule has 0 atom stereocenters.